The van der Waals surface area contributed by atoms with E-state index in [1.165, 1.54) is 12.8 Å². The van der Waals surface area contributed by atoms with E-state index in [1.807, 2.05) is 6.07 Å². The molecule has 1 aliphatic rings. The second kappa shape index (κ2) is 5.59. The largest absolute Gasteiger partial charge is 0.496 e. The molecular weight excluding hydrogens is 248 g/mol. The Morgan fingerprint density at radius 3 is 2.30 bits per heavy atom. The molecule has 0 aliphatic heterocycles. The fraction of sp³-hybridized carbons (Fsp3) is 0.611. The van der Waals surface area contributed by atoms with E-state index in [0.717, 1.165) is 35.3 Å². The highest BCUT2D eigenvalue weighted by Crippen LogP contribution is 2.38. The smallest absolute Gasteiger partial charge is 0.169 e. The number of hydrogen-bond acceptors (Lipinski definition) is 2. The molecule has 0 amide bonds. The van der Waals surface area contributed by atoms with Crippen LogP contribution in [0.4, 0.5) is 0 Å². The summed E-state index contributed by atoms with van der Waals surface area (Å²) in [6.45, 7) is 8.54. The minimum Gasteiger partial charge on any atom is -0.496 e. The highest BCUT2D eigenvalue weighted by Gasteiger charge is 2.29. The van der Waals surface area contributed by atoms with E-state index in [2.05, 4.69) is 33.8 Å². The molecule has 0 atom stereocenters. The first-order valence-electron chi connectivity index (χ1n) is 7.58. The summed E-state index contributed by atoms with van der Waals surface area (Å²) >= 11 is 0. The summed E-state index contributed by atoms with van der Waals surface area (Å²) in [5.74, 6) is 1.24. The fourth-order valence-electron chi connectivity index (χ4n) is 3.14. The highest BCUT2D eigenvalue weighted by atomic mass is 16.5. The van der Waals surface area contributed by atoms with Crippen molar-refractivity contribution in [3.63, 3.8) is 0 Å². The van der Waals surface area contributed by atoms with Gasteiger partial charge in [0.1, 0.15) is 5.75 Å². The van der Waals surface area contributed by atoms with Crippen LogP contribution in [0.15, 0.2) is 12.1 Å². The molecule has 2 heteroatoms. The van der Waals surface area contributed by atoms with Crippen molar-refractivity contribution >= 4 is 5.78 Å². The zero-order valence-electron chi connectivity index (χ0n) is 13.4. The van der Waals surface area contributed by atoms with Gasteiger partial charge in [-0.2, -0.15) is 0 Å². The molecule has 1 aromatic carbocycles. The van der Waals surface area contributed by atoms with Gasteiger partial charge in [0, 0.05) is 11.5 Å². The van der Waals surface area contributed by atoms with Crippen LogP contribution in [-0.2, 0) is 5.41 Å². The van der Waals surface area contributed by atoms with Gasteiger partial charge in [-0.3, -0.25) is 4.79 Å². The highest BCUT2D eigenvalue weighted by molar-refractivity contribution is 6.01. The number of Topliss-reactive ketones (excluding diaryl/α,β-unsaturated/α-hetero) is 1. The van der Waals surface area contributed by atoms with E-state index in [1.54, 1.807) is 7.11 Å². The average Bonchev–Trinajstić information content (AvgIpc) is 2.89. The van der Waals surface area contributed by atoms with Gasteiger partial charge in [0.2, 0.25) is 0 Å². The number of carbonyl (C=O) groups excluding carboxylic acids is 1. The van der Waals surface area contributed by atoms with Crippen molar-refractivity contribution in [3.05, 3.63) is 28.8 Å². The van der Waals surface area contributed by atoms with Gasteiger partial charge >= 0.3 is 0 Å². The molecule has 2 rings (SSSR count). The Morgan fingerprint density at radius 2 is 1.80 bits per heavy atom. The van der Waals surface area contributed by atoms with Gasteiger partial charge in [-0.25, -0.2) is 0 Å². The van der Waals surface area contributed by atoms with Crippen LogP contribution in [0.3, 0.4) is 0 Å². The van der Waals surface area contributed by atoms with Crippen LogP contribution >= 0.6 is 0 Å². The lowest BCUT2D eigenvalue weighted by atomic mass is 9.82. The van der Waals surface area contributed by atoms with Crippen LogP contribution in [0.25, 0.3) is 0 Å². The quantitative estimate of drug-likeness (QED) is 0.748. The van der Waals surface area contributed by atoms with Crippen LogP contribution in [0.5, 0.6) is 5.75 Å². The minimum absolute atomic E-state index is 0.0257. The third-order valence-corrected chi connectivity index (χ3v) is 4.24. The van der Waals surface area contributed by atoms with Gasteiger partial charge in [0.05, 0.1) is 12.7 Å². The normalized spacial score (nSPS) is 16.4. The molecule has 0 heterocycles. The fourth-order valence-corrected chi connectivity index (χ4v) is 3.14. The zero-order valence-corrected chi connectivity index (χ0v) is 13.4. The molecule has 0 N–H and O–H groups in total. The number of aryl methyl sites for hydroxylation is 1. The molecule has 0 aromatic heterocycles. The zero-order chi connectivity index (χ0) is 14.9. The molecule has 2 nitrogen and oxygen atoms in total. The molecule has 1 saturated carbocycles. The number of methoxy groups -OCH3 is 1. The molecule has 20 heavy (non-hydrogen) atoms. The van der Waals surface area contributed by atoms with Crippen molar-refractivity contribution in [2.75, 3.05) is 7.11 Å². The first-order chi connectivity index (χ1) is 9.34. The second-order valence-electron chi connectivity index (χ2n) is 6.99. The SMILES string of the molecule is COc1c(C(=O)C2CCCC2)cc(C)cc1C(C)(C)C. The van der Waals surface area contributed by atoms with Crippen LogP contribution in [0.1, 0.15) is 67.9 Å². The monoisotopic (exact) mass is 274 g/mol. The van der Waals surface area contributed by atoms with E-state index >= 15 is 0 Å². The lowest BCUT2D eigenvalue weighted by molar-refractivity contribution is 0.0919. The standard InChI is InChI=1S/C18H26O2/c1-12-10-14(16(19)13-8-6-7-9-13)17(20-5)15(11-12)18(2,3)4/h10-11,13H,6-9H2,1-5H3. The maximum atomic E-state index is 12.8. The minimum atomic E-state index is -0.0257. The number of rotatable bonds is 3. The molecule has 0 radical (unpaired) electrons. The summed E-state index contributed by atoms with van der Waals surface area (Å²) in [5, 5.41) is 0. The van der Waals surface area contributed by atoms with Crippen molar-refractivity contribution in [1.82, 2.24) is 0 Å². The van der Waals surface area contributed by atoms with Crippen LogP contribution < -0.4 is 4.74 Å². The molecule has 0 unspecified atom stereocenters. The van der Waals surface area contributed by atoms with Crippen LogP contribution in [0, 0.1) is 12.8 Å². The van der Waals surface area contributed by atoms with E-state index in [-0.39, 0.29) is 17.1 Å². The van der Waals surface area contributed by atoms with E-state index < -0.39 is 0 Å². The first-order valence-corrected chi connectivity index (χ1v) is 7.58. The van der Waals surface area contributed by atoms with E-state index in [9.17, 15) is 4.79 Å². The van der Waals surface area contributed by atoms with E-state index in [0.29, 0.717) is 0 Å². The van der Waals surface area contributed by atoms with Crippen molar-refractivity contribution in [3.8, 4) is 5.75 Å². The predicted molar refractivity (Wildman–Crippen MR) is 82.7 cm³/mol. The average molecular weight is 274 g/mol. The molecule has 1 fully saturated rings. The lowest BCUT2D eigenvalue weighted by Gasteiger charge is -2.25. The number of ketones is 1. The molecule has 0 spiro atoms. The van der Waals surface area contributed by atoms with Crippen LogP contribution in [-0.4, -0.2) is 12.9 Å². The van der Waals surface area contributed by atoms with Crippen molar-refractivity contribution < 1.29 is 9.53 Å². The Kier molecular flexibility index (Phi) is 4.22. The molecule has 0 bridgehead atoms. The summed E-state index contributed by atoms with van der Waals surface area (Å²) in [6, 6.07) is 4.14. The maximum absolute atomic E-state index is 12.8. The third kappa shape index (κ3) is 2.89. The molecule has 110 valence electrons. The van der Waals surface area contributed by atoms with Crippen molar-refractivity contribution in [2.24, 2.45) is 5.92 Å². The number of hydrogen-bond donors (Lipinski definition) is 0. The number of carbonyl (C=O) groups is 1. The Hall–Kier alpha value is -1.31. The van der Waals surface area contributed by atoms with Gasteiger partial charge in [0.25, 0.3) is 0 Å². The van der Waals surface area contributed by atoms with E-state index in [4.69, 9.17) is 4.74 Å². The summed E-state index contributed by atoms with van der Waals surface area (Å²) in [7, 11) is 1.67. The summed E-state index contributed by atoms with van der Waals surface area (Å²) < 4.78 is 5.62. The molecular formula is C18H26O2. The lowest BCUT2D eigenvalue weighted by Crippen LogP contribution is -2.18. The van der Waals surface area contributed by atoms with Gasteiger partial charge in [-0.1, -0.05) is 39.7 Å². The molecule has 1 aromatic rings. The number of benzene rings is 1. The summed E-state index contributed by atoms with van der Waals surface area (Å²) in [4.78, 5) is 12.8. The number of ether oxygens (including phenoxy) is 1. The topological polar surface area (TPSA) is 26.3 Å². The Labute approximate surface area is 122 Å². The van der Waals surface area contributed by atoms with Gasteiger partial charge < -0.3 is 4.74 Å². The predicted octanol–water partition coefficient (Wildman–Crippen LogP) is 4.67. The van der Waals surface area contributed by atoms with Gasteiger partial charge in [0.15, 0.2) is 5.78 Å². The Morgan fingerprint density at radius 1 is 1.20 bits per heavy atom. The maximum Gasteiger partial charge on any atom is 0.169 e. The van der Waals surface area contributed by atoms with Gasteiger partial charge in [-0.15, -0.1) is 0 Å². The summed E-state index contributed by atoms with van der Waals surface area (Å²) in [6.07, 6.45) is 4.41. The molecule has 0 saturated heterocycles. The van der Waals surface area contributed by atoms with Gasteiger partial charge in [-0.05, 0) is 36.8 Å². The second-order valence-corrected chi connectivity index (χ2v) is 6.99. The first kappa shape index (κ1) is 15.1. The summed E-state index contributed by atoms with van der Waals surface area (Å²) in [5.41, 5.74) is 3.02. The Bertz CT molecular complexity index is 503. The van der Waals surface area contributed by atoms with Crippen LogP contribution in [0.2, 0.25) is 0 Å². The van der Waals surface area contributed by atoms with Crippen molar-refractivity contribution in [1.29, 1.82) is 0 Å². The molecule has 1 aliphatic carbocycles. The third-order valence-electron chi connectivity index (χ3n) is 4.24. The Balaban J connectivity index is 2.51. The van der Waals surface area contributed by atoms with Crippen molar-refractivity contribution in [2.45, 2.75) is 58.8 Å².